The minimum Gasteiger partial charge on any atom is -0.319 e. The van der Waals surface area contributed by atoms with Crippen LogP contribution in [0.1, 0.15) is 60.8 Å². The number of nitrogens with one attached hydrogen (secondary N) is 1. The minimum atomic E-state index is -2.70. The Morgan fingerprint density at radius 1 is 1.26 bits per heavy atom. The van der Waals surface area contributed by atoms with Gasteiger partial charge < -0.3 is 5.32 Å². The van der Waals surface area contributed by atoms with E-state index in [2.05, 4.69) is 20.3 Å². The maximum Gasteiger partial charge on any atom is 0.258 e. The molecule has 0 aliphatic heterocycles. The van der Waals surface area contributed by atoms with Gasteiger partial charge in [-0.2, -0.15) is 0 Å². The summed E-state index contributed by atoms with van der Waals surface area (Å²) in [6.45, 7) is 3.91. The Balaban J connectivity index is 1.86. The van der Waals surface area contributed by atoms with Crippen LogP contribution in [0, 0.1) is 0 Å². The highest BCUT2D eigenvalue weighted by molar-refractivity contribution is 6.33. The maximum absolute atomic E-state index is 13.4. The molecule has 2 aromatic rings. The molecule has 0 saturated heterocycles. The molecule has 0 bridgehead atoms. The van der Waals surface area contributed by atoms with Crippen LogP contribution in [0.25, 0.3) is 5.57 Å². The standard InChI is InChI=1S/C19H19ClF2N4O/c1-11(2)17-24-9-13(10-25-17)18(27)26-15-14(5-8-23-16(15)20)12-3-6-19(21,22)7-4-12/h3,5,8-11H,4,6-7H2,1-2H3,(H,26,27). The number of anilines is 1. The lowest BCUT2D eigenvalue weighted by molar-refractivity contribution is -0.00603. The first-order chi connectivity index (χ1) is 12.8. The number of hydrogen-bond acceptors (Lipinski definition) is 4. The number of amides is 1. The molecule has 8 heteroatoms. The molecule has 0 aromatic carbocycles. The fourth-order valence-electron chi connectivity index (χ4n) is 2.80. The number of carbonyl (C=O) groups excluding carboxylic acids is 1. The molecule has 27 heavy (non-hydrogen) atoms. The second-order valence-corrected chi connectivity index (χ2v) is 7.11. The van der Waals surface area contributed by atoms with Crippen molar-refractivity contribution in [1.29, 1.82) is 0 Å². The number of allylic oxidation sites excluding steroid dienone is 2. The Morgan fingerprint density at radius 3 is 2.56 bits per heavy atom. The molecular formula is C19H19ClF2N4O. The second kappa shape index (κ2) is 7.68. The smallest absolute Gasteiger partial charge is 0.258 e. The predicted octanol–water partition coefficient (Wildman–Crippen LogP) is 5.10. The minimum absolute atomic E-state index is 0.0961. The van der Waals surface area contributed by atoms with E-state index in [1.54, 1.807) is 6.07 Å². The molecule has 2 heterocycles. The van der Waals surface area contributed by atoms with E-state index < -0.39 is 11.8 Å². The number of carbonyl (C=O) groups is 1. The van der Waals surface area contributed by atoms with E-state index in [1.165, 1.54) is 24.7 Å². The molecule has 142 valence electrons. The molecule has 1 amide bonds. The monoisotopic (exact) mass is 392 g/mol. The summed E-state index contributed by atoms with van der Waals surface area (Å²) in [5.41, 5.74) is 1.88. The zero-order chi connectivity index (χ0) is 19.6. The topological polar surface area (TPSA) is 67.8 Å². The average Bonchev–Trinajstić information content (AvgIpc) is 2.63. The van der Waals surface area contributed by atoms with E-state index in [4.69, 9.17) is 11.6 Å². The van der Waals surface area contributed by atoms with Gasteiger partial charge in [-0.3, -0.25) is 4.79 Å². The molecule has 3 rings (SSSR count). The molecule has 1 aliphatic rings. The molecule has 2 aromatic heterocycles. The van der Waals surface area contributed by atoms with Crippen molar-refractivity contribution in [2.24, 2.45) is 0 Å². The summed E-state index contributed by atoms with van der Waals surface area (Å²) in [6, 6.07) is 1.66. The van der Waals surface area contributed by atoms with Gasteiger partial charge in [0.2, 0.25) is 0 Å². The summed E-state index contributed by atoms with van der Waals surface area (Å²) in [5, 5.41) is 2.82. The third-order valence-corrected chi connectivity index (χ3v) is 4.63. The number of hydrogen-bond donors (Lipinski definition) is 1. The third kappa shape index (κ3) is 4.47. The van der Waals surface area contributed by atoms with Crippen molar-refractivity contribution in [3.63, 3.8) is 0 Å². The van der Waals surface area contributed by atoms with Gasteiger partial charge in [-0.1, -0.05) is 31.5 Å². The molecule has 0 saturated carbocycles. The van der Waals surface area contributed by atoms with Crippen LogP contribution in [-0.4, -0.2) is 26.8 Å². The van der Waals surface area contributed by atoms with Crippen molar-refractivity contribution >= 4 is 28.8 Å². The van der Waals surface area contributed by atoms with Crippen LogP contribution in [0.15, 0.2) is 30.7 Å². The first-order valence-electron chi connectivity index (χ1n) is 8.62. The lowest BCUT2D eigenvalue weighted by Gasteiger charge is -2.23. The lowest BCUT2D eigenvalue weighted by atomic mass is 9.91. The molecule has 1 N–H and O–H groups in total. The second-order valence-electron chi connectivity index (χ2n) is 6.75. The van der Waals surface area contributed by atoms with Crippen LogP contribution in [0.2, 0.25) is 5.15 Å². The van der Waals surface area contributed by atoms with Crippen LogP contribution in [-0.2, 0) is 0 Å². The van der Waals surface area contributed by atoms with Crippen LogP contribution in [0.3, 0.4) is 0 Å². The van der Waals surface area contributed by atoms with Gasteiger partial charge in [-0.15, -0.1) is 0 Å². The highest BCUT2D eigenvalue weighted by Gasteiger charge is 2.32. The van der Waals surface area contributed by atoms with Crippen molar-refractivity contribution in [2.45, 2.75) is 45.0 Å². The lowest BCUT2D eigenvalue weighted by Crippen LogP contribution is -2.19. The Morgan fingerprint density at radius 2 is 1.96 bits per heavy atom. The van der Waals surface area contributed by atoms with Crippen LogP contribution < -0.4 is 5.32 Å². The Kier molecular flexibility index (Phi) is 5.51. The van der Waals surface area contributed by atoms with E-state index in [0.717, 1.165) is 0 Å². The van der Waals surface area contributed by atoms with Crippen molar-refractivity contribution in [3.05, 3.63) is 52.8 Å². The van der Waals surface area contributed by atoms with Gasteiger partial charge >= 0.3 is 0 Å². The zero-order valence-electron chi connectivity index (χ0n) is 15.0. The highest BCUT2D eigenvalue weighted by Crippen LogP contribution is 2.39. The molecular weight excluding hydrogens is 374 g/mol. The maximum atomic E-state index is 13.4. The molecule has 0 atom stereocenters. The van der Waals surface area contributed by atoms with Gasteiger partial charge in [0.15, 0.2) is 5.15 Å². The first-order valence-corrected chi connectivity index (χ1v) is 8.99. The SMILES string of the molecule is CC(C)c1ncc(C(=O)Nc2c(C3=CCC(F)(F)CC3)ccnc2Cl)cn1. The van der Waals surface area contributed by atoms with Crippen LogP contribution >= 0.6 is 11.6 Å². The number of nitrogens with zero attached hydrogens (tertiary/aromatic N) is 3. The van der Waals surface area contributed by atoms with E-state index in [1.807, 2.05) is 13.8 Å². The summed E-state index contributed by atoms with van der Waals surface area (Å²) >= 11 is 6.17. The van der Waals surface area contributed by atoms with E-state index in [-0.39, 0.29) is 35.9 Å². The summed E-state index contributed by atoms with van der Waals surface area (Å²) < 4.78 is 26.9. The van der Waals surface area contributed by atoms with Crippen molar-refractivity contribution in [3.8, 4) is 0 Å². The molecule has 0 radical (unpaired) electrons. The number of pyridine rings is 1. The summed E-state index contributed by atoms with van der Waals surface area (Å²) in [7, 11) is 0. The van der Waals surface area contributed by atoms with E-state index >= 15 is 0 Å². The van der Waals surface area contributed by atoms with Crippen molar-refractivity contribution in [1.82, 2.24) is 15.0 Å². The Labute approximate surface area is 160 Å². The average molecular weight is 393 g/mol. The normalized spacial score (nSPS) is 16.1. The highest BCUT2D eigenvalue weighted by atomic mass is 35.5. The summed E-state index contributed by atoms with van der Waals surface area (Å²) in [6.07, 6.45) is 5.50. The zero-order valence-corrected chi connectivity index (χ0v) is 15.7. The number of halogens is 3. The molecule has 1 aliphatic carbocycles. The van der Waals surface area contributed by atoms with Gasteiger partial charge in [-0.25, -0.2) is 23.7 Å². The first kappa shape index (κ1) is 19.4. The molecule has 0 unspecified atom stereocenters. The number of rotatable bonds is 4. The van der Waals surface area contributed by atoms with Gasteiger partial charge in [0.05, 0.1) is 11.3 Å². The van der Waals surface area contributed by atoms with Crippen molar-refractivity contribution < 1.29 is 13.6 Å². The van der Waals surface area contributed by atoms with Crippen molar-refractivity contribution in [2.75, 3.05) is 5.32 Å². The van der Waals surface area contributed by atoms with Crippen LogP contribution in [0.5, 0.6) is 0 Å². The molecule has 0 spiro atoms. The van der Waals surface area contributed by atoms with Gasteiger partial charge in [-0.05, 0) is 18.1 Å². The Bertz CT molecular complexity index is 882. The fraction of sp³-hybridized carbons (Fsp3) is 0.368. The number of alkyl halides is 2. The third-order valence-electron chi connectivity index (χ3n) is 4.35. The largest absolute Gasteiger partial charge is 0.319 e. The van der Waals surface area contributed by atoms with E-state index in [9.17, 15) is 13.6 Å². The Hall–Kier alpha value is -2.41. The van der Waals surface area contributed by atoms with Crippen LogP contribution in [0.4, 0.5) is 14.5 Å². The van der Waals surface area contributed by atoms with Gasteiger partial charge in [0.1, 0.15) is 5.82 Å². The van der Waals surface area contributed by atoms with E-state index in [0.29, 0.717) is 22.6 Å². The molecule has 0 fully saturated rings. The summed E-state index contributed by atoms with van der Waals surface area (Å²) in [4.78, 5) is 24.9. The van der Waals surface area contributed by atoms with Gasteiger partial charge in [0.25, 0.3) is 11.8 Å². The predicted molar refractivity (Wildman–Crippen MR) is 100 cm³/mol. The quantitative estimate of drug-likeness (QED) is 0.735. The fourth-order valence-corrected chi connectivity index (χ4v) is 3.01. The summed E-state index contributed by atoms with van der Waals surface area (Å²) in [5.74, 6) is -2.35. The van der Waals surface area contributed by atoms with Gasteiger partial charge in [0, 0.05) is 42.9 Å². The molecule has 5 nitrogen and oxygen atoms in total. The number of aromatic nitrogens is 3.